The molecule has 1 aromatic carbocycles. The highest BCUT2D eigenvalue weighted by Gasteiger charge is 2.20. The highest BCUT2D eigenvalue weighted by Crippen LogP contribution is 2.24. The number of hydrogen-bond donors (Lipinski definition) is 1. The molecule has 1 aliphatic rings. The molecule has 0 saturated heterocycles. The Morgan fingerprint density at radius 3 is 2.85 bits per heavy atom. The van der Waals surface area contributed by atoms with Crippen molar-refractivity contribution >= 4 is 0 Å². The molecule has 1 N–H and O–H groups in total. The van der Waals surface area contributed by atoms with E-state index in [1.807, 2.05) is 19.1 Å². The summed E-state index contributed by atoms with van der Waals surface area (Å²) in [6, 6.07) is 8.88. The lowest BCUT2D eigenvalue weighted by atomic mass is 10.1. The predicted octanol–water partition coefficient (Wildman–Crippen LogP) is 3.12. The van der Waals surface area contributed by atoms with Crippen molar-refractivity contribution in [1.82, 2.24) is 10.5 Å². The van der Waals surface area contributed by atoms with Crippen molar-refractivity contribution in [1.29, 1.82) is 0 Å². The molecule has 0 amide bonds. The van der Waals surface area contributed by atoms with Crippen LogP contribution in [0, 0.1) is 13.8 Å². The molecule has 1 fully saturated rings. The highest BCUT2D eigenvalue weighted by molar-refractivity contribution is 5.37. The van der Waals surface area contributed by atoms with E-state index < -0.39 is 0 Å². The second kappa shape index (κ2) is 5.67. The first kappa shape index (κ1) is 13.2. The molecule has 1 saturated carbocycles. The Balaban J connectivity index is 1.66. The molecule has 0 spiro atoms. The lowest BCUT2D eigenvalue weighted by Crippen LogP contribution is -2.16. The summed E-state index contributed by atoms with van der Waals surface area (Å²) < 4.78 is 10.9. The van der Waals surface area contributed by atoms with Crippen molar-refractivity contribution in [3.8, 4) is 5.75 Å². The smallest absolute Gasteiger partial charge is 0.134 e. The number of rotatable bonds is 6. The minimum Gasteiger partial charge on any atom is -0.487 e. The fraction of sp³-hybridized carbons (Fsp3) is 0.438. The molecule has 4 heteroatoms. The fourth-order valence-electron chi connectivity index (χ4n) is 2.17. The zero-order chi connectivity index (χ0) is 13.9. The lowest BCUT2D eigenvalue weighted by molar-refractivity contribution is 0.284. The van der Waals surface area contributed by atoms with Crippen LogP contribution in [-0.2, 0) is 13.2 Å². The predicted molar refractivity (Wildman–Crippen MR) is 76.6 cm³/mol. The summed E-state index contributed by atoms with van der Waals surface area (Å²) >= 11 is 0. The van der Waals surface area contributed by atoms with E-state index in [-0.39, 0.29) is 0 Å². The van der Waals surface area contributed by atoms with Gasteiger partial charge in [-0.3, -0.25) is 0 Å². The quantitative estimate of drug-likeness (QED) is 0.877. The Kier molecular flexibility index (Phi) is 3.74. The first-order valence-electron chi connectivity index (χ1n) is 7.08. The molecule has 4 nitrogen and oxygen atoms in total. The second-order valence-corrected chi connectivity index (χ2v) is 5.48. The van der Waals surface area contributed by atoms with Gasteiger partial charge in [0.25, 0.3) is 0 Å². The molecule has 20 heavy (non-hydrogen) atoms. The van der Waals surface area contributed by atoms with Crippen LogP contribution in [0.15, 0.2) is 28.8 Å². The van der Waals surface area contributed by atoms with E-state index in [1.54, 1.807) is 0 Å². The van der Waals surface area contributed by atoms with Gasteiger partial charge in [-0.2, -0.15) is 0 Å². The Bertz CT molecular complexity index is 588. The van der Waals surface area contributed by atoms with Gasteiger partial charge in [-0.15, -0.1) is 0 Å². The monoisotopic (exact) mass is 272 g/mol. The first-order chi connectivity index (χ1) is 9.70. The lowest BCUT2D eigenvalue weighted by Gasteiger charge is -2.12. The number of hydrogen-bond acceptors (Lipinski definition) is 4. The van der Waals surface area contributed by atoms with Gasteiger partial charge in [0.1, 0.15) is 23.8 Å². The molecule has 0 radical (unpaired) electrons. The Labute approximate surface area is 119 Å². The van der Waals surface area contributed by atoms with Crippen LogP contribution in [0.1, 0.15) is 35.4 Å². The third kappa shape index (κ3) is 3.39. The zero-order valence-electron chi connectivity index (χ0n) is 12.0. The third-order valence-electron chi connectivity index (χ3n) is 3.43. The van der Waals surface area contributed by atoms with Crippen molar-refractivity contribution in [2.45, 2.75) is 45.9 Å². The fourth-order valence-corrected chi connectivity index (χ4v) is 2.17. The van der Waals surface area contributed by atoms with E-state index in [0.29, 0.717) is 12.6 Å². The van der Waals surface area contributed by atoms with Gasteiger partial charge in [0.15, 0.2) is 0 Å². The van der Waals surface area contributed by atoms with E-state index in [9.17, 15) is 0 Å². The van der Waals surface area contributed by atoms with Gasteiger partial charge in [-0.25, -0.2) is 0 Å². The third-order valence-corrected chi connectivity index (χ3v) is 3.43. The summed E-state index contributed by atoms with van der Waals surface area (Å²) in [6.45, 7) is 5.29. The first-order valence-corrected chi connectivity index (χ1v) is 7.08. The summed E-state index contributed by atoms with van der Waals surface area (Å²) in [7, 11) is 0. The van der Waals surface area contributed by atoms with Crippen LogP contribution in [0.4, 0.5) is 0 Å². The van der Waals surface area contributed by atoms with Crippen molar-refractivity contribution in [2.24, 2.45) is 0 Å². The van der Waals surface area contributed by atoms with Crippen LogP contribution in [0.2, 0.25) is 0 Å². The van der Waals surface area contributed by atoms with Crippen LogP contribution < -0.4 is 10.1 Å². The van der Waals surface area contributed by atoms with Crippen molar-refractivity contribution in [2.75, 3.05) is 0 Å². The molecular formula is C16H20N2O2. The maximum Gasteiger partial charge on any atom is 0.134 e. The highest BCUT2D eigenvalue weighted by atomic mass is 16.5. The molecule has 0 unspecified atom stereocenters. The van der Waals surface area contributed by atoms with Crippen LogP contribution in [0.5, 0.6) is 5.75 Å². The van der Waals surface area contributed by atoms with E-state index in [2.05, 4.69) is 29.5 Å². The average Bonchev–Trinajstić information content (AvgIpc) is 3.17. The van der Waals surface area contributed by atoms with Crippen molar-refractivity contribution in [3.63, 3.8) is 0 Å². The second-order valence-electron chi connectivity index (χ2n) is 5.48. The molecule has 0 atom stereocenters. The molecule has 2 aromatic rings. The van der Waals surface area contributed by atoms with Crippen molar-refractivity contribution in [3.05, 3.63) is 46.8 Å². The minimum atomic E-state index is 0.441. The molecule has 1 aliphatic carbocycles. The van der Waals surface area contributed by atoms with Gasteiger partial charge in [-0.05, 0) is 32.8 Å². The SMILES string of the molecule is Cc1ccc(OCc2cc(C)on2)c(CNC2CC2)c1. The molecule has 1 aromatic heterocycles. The number of nitrogens with one attached hydrogen (secondary N) is 1. The van der Waals surface area contributed by atoms with Crippen LogP contribution in [0.25, 0.3) is 0 Å². The van der Waals surface area contributed by atoms with Crippen LogP contribution >= 0.6 is 0 Å². The number of ether oxygens (including phenoxy) is 1. The summed E-state index contributed by atoms with van der Waals surface area (Å²) in [4.78, 5) is 0. The van der Waals surface area contributed by atoms with Crippen molar-refractivity contribution < 1.29 is 9.26 Å². The largest absolute Gasteiger partial charge is 0.487 e. The molecular weight excluding hydrogens is 252 g/mol. The Hall–Kier alpha value is -1.81. The topological polar surface area (TPSA) is 47.3 Å². The van der Waals surface area contributed by atoms with Gasteiger partial charge >= 0.3 is 0 Å². The molecule has 106 valence electrons. The van der Waals surface area contributed by atoms with Gasteiger partial charge in [0.2, 0.25) is 0 Å². The molecule has 3 rings (SSSR count). The Morgan fingerprint density at radius 1 is 1.30 bits per heavy atom. The van der Waals surface area contributed by atoms with Gasteiger partial charge in [0, 0.05) is 24.2 Å². The minimum absolute atomic E-state index is 0.441. The van der Waals surface area contributed by atoms with Crippen LogP contribution in [-0.4, -0.2) is 11.2 Å². The summed E-state index contributed by atoms with van der Waals surface area (Å²) in [5.74, 6) is 1.73. The maximum atomic E-state index is 5.88. The standard InChI is InChI=1S/C16H20N2O2/c1-11-3-6-16(13(7-11)9-17-14-4-5-14)19-10-15-8-12(2)20-18-15/h3,6-8,14,17H,4-5,9-10H2,1-2H3. The normalized spacial score (nSPS) is 14.5. The van der Waals surface area contributed by atoms with Gasteiger partial charge in [0.05, 0.1) is 0 Å². The molecule has 0 bridgehead atoms. The number of aromatic nitrogens is 1. The number of nitrogens with zero attached hydrogens (tertiary/aromatic N) is 1. The molecule has 1 heterocycles. The number of benzene rings is 1. The van der Waals surface area contributed by atoms with E-state index in [0.717, 1.165) is 23.7 Å². The maximum absolute atomic E-state index is 5.88. The van der Waals surface area contributed by atoms with Gasteiger partial charge in [-0.1, -0.05) is 22.9 Å². The summed E-state index contributed by atoms with van der Waals surface area (Å²) in [6.07, 6.45) is 2.58. The number of aryl methyl sites for hydroxylation is 2. The average molecular weight is 272 g/mol. The Morgan fingerprint density at radius 2 is 2.15 bits per heavy atom. The van der Waals surface area contributed by atoms with Crippen LogP contribution in [0.3, 0.4) is 0 Å². The van der Waals surface area contributed by atoms with E-state index in [1.165, 1.54) is 24.0 Å². The summed E-state index contributed by atoms with van der Waals surface area (Å²) in [5.41, 5.74) is 3.28. The molecule has 0 aliphatic heterocycles. The van der Waals surface area contributed by atoms with E-state index in [4.69, 9.17) is 9.26 Å². The van der Waals surface area contributed by atoms with Gasteiger partial charge < -0.3 is 14.6 Å². The summed E-state index contributed by atoms with van der Waals surface area (Å²) in [5, 5.41) is 7.48. The van der Waals surface area contributed by atoms with E-state index >= 15 is 0 Å². The zero-order valence-corrected chi connectivity index (χ0v) is 12.0.